The van der Waals surface area contributed by atoms with E-state index in [1.54, 1.807) is 5.37 Å². The molecule has 0 radical (unpaired) electrons. The predicted molar refractivity (Wildman–Crippen MR) is 102 cm³/mol. The first-order chi connectivity index (χ1) is 11.7. The molecule has 0 saturated heterocycles. The fraction of sp³-hybridized carbons (Fsp3) is 0.105. The molecule has 0 fully saturated rings. The normalized spacial score (nSPS) is 20.0. The number of nitriles is 1. The highest BCUT2D eigenvalue weighted by molar-refractivity contribution is 8.38. The van der Waals surface area contributed by atoms with E-state index >= 15 is 0 Å². The molecule has 120 valence electrons. The smallest absolute Gasteiger partial charge is 0.336 e. The van der Waals surface area contributed by atoms with Crippen molar-refractivity contribution in [2.45, 2.75) is 4.58 Å². The number of thioether (sulfide) groups is 1. The fourth-order valence-electron chi connectivity index (χ4n) is 2.43. The molecule has 2 atom stereocenters. The first-order valence-corrected chi connectivity index (χ1v) is 9.53. The van der Waals surface area contributed by atoms with Gasteiger partial charge in [0.25, 0.3) is 0 Å². The van der Waals surface area contributed by atoms with Crippen molar-refractivity contribution in [2.75, 3.05) is 7.11 Å². The van der Waals surface area contributed by atoms with E-state index in [0.717, 1.165) is 20.9 Å². The fourth-order valence-corrected chi connectivity index (χ4v) is 6.40. The minimum Gasteiger partial charge on any atom is -0.465 e. The molecule has 1 aliphatic rings. The molecule has 2 unspecified atom stereocenters. The molecule has 1 heterocycles. The molecule has 3 rings (SSSR count). The van der Waals surface area contributed by atoms with Crippen LogP contribution in [0.3, 0.4) is 0 Å². The maximum atomic E-state index is 11.8. The zero-order chi connectivity index (χ0) is 16.9. The van der Waals surface area contributed by atoms with Crippen molar-refractivity contribution in [2.24, 2.45) is 0 Å². The van der Waals surface area contributed by atoms with Gasteiger partial charge in [0, 0.05) is 9.81 Å². The molecule has 5 heteroatoms. The molecule has 0 saturated carbocycles. The van der Waals surface area contributed by atoms with Gasteiger partial charge in [-0.15, -0.1) is 10.5 Å². The van der Waals surface area contributed by atoms with Crippen molar-refractivity contribution < 1.29 is 9.53 Å². The van der Waals surface area contributed by atoms with Crippen LogP contribution >= 0.6 is 22.2 Å². The summed E-state index contributed by atoms with van der Waals surface area (Å²) in [7, 11) is 0.725. The summed E-state index contributed by atoms with van der Waals surface area (Å²) < 4.78 is 4.48. The number of ether oxygens (including phenoxy) is 1. The van der Waals surface area contributed by atoms with Crippen LogP contribution in [0.2, 0.25) is 0 Å². The highest BCUT2D eigenvalue weighted by atomic mass is 32.2. The maximum absolute atomic E-state index is 11.8. The summed E-state index contributed by atoms with van der Waals surface area (Å²) in [6.45, 7) is 0. The van der Waals surface area contributed by atoms with Crippen LogP contribution in [0.5, 0.6) is 0 Å². The minimum atomic E-state index is -0.632. The second kappa shape index (κ2) is 7.52. The highest BCUT2D eigenvalue weighted by Crippen LogP contribution is 2.58. The average molecular weight is 353 g/mol. The molecule has 0 amide bonds. The number of carbonyl (C=O) groups excluding carboxylic acids is 1. The molecule has 0 spiro atoms. The highest BCUT2D eigenvalue weighted by Gasteiger charge is 2.31. The van der Waals surface area contributed by atoms with Crippen molar-refractivity contribution in [3.63, 3.8) is 0 Å². The summed E-state index contributed by atoms with van der Waals surface area (Å²) in [5.74, 6) is -0.401. The molecule has 0 aromatic heterocycles. The Morgan fingerprint density at radius 2 is 1.71 bits per heavy atom. The summed E-state index contributed by atoms with van der Waals surface area (Å²) in [6, 6.07) is 22.3. The van der Waals surface area contributed by atoms with Crippen LogP contribution in [0.1, 0.15) is 11.1 Å². The number of nitrogens with zero attached hydrogens (tertiary/aromatic N) is 1. The van der Waals surface area contributed by atoms with Gasteiger partial charge in [0.2, 0.25) is 0 Å². The van der Waals surface area contributed by atoms with Crippen LogP contribution in [0.15, 0.2) is 60.7 Å². The van der Waals surface area contributed by atoms with E-state index in [1.165, 1.54) is 18.9 Å². The van der Waals surface area contributed by atoms with Crippen molar-refractivity contribution in [3.05, 3.63) is 71.8 Å². The lowest BCUT2D eigenvalue weighted by molar-refractivity contribution is -0.131. The first kappa shape index (κ1) is 16.6. The molecule has 0 N–H and O–H groups in total. The number of rotatable bonds is 3. The second-order valence-electron chi connectivity index (χ2n) is 4.98. The van der Waals surface area contributed by atoms with Gasteiger partial charge in [-0.25, -0.2) is 4.79 Å². The van der Waals surface area contributed by atoms with Gasteiger partial charge in [0.1, 0.15) is 4.58 Å². The molecule has 0 aliphatic carbocycles. The number of benzene rings is 2. The molecular formula is C19H15NO2S2. The predicted octanol–water partition coefficient (Wildman–Crippen LogP) is 4.35. The second-order valence-corrected chi connectivity index (χ2v) is 8.25. The lowest BCUT2D eigenvalue weighted by Gasteiger charge is -2.10. The molecular weight excluding hydrogens is 338 g/mol. The van der Waals surface area contributed by atoms with Gasteiger partial charge in [-0.05, 0) is 11.1 Å². The molecule has 3 nitrogen and oxygen atoms in total. The van der Waals surface area contributed by atoms with Gasteiger partial charge in [0.05, 0.1) is 18.5 Å². The van der Waals surface area contributed by atoms with Crippen LogP contribution < -0.4 is 0 Å². The Balaban J connectivity index is 2.23. The van der Waals surface area contributed by atoms with E-state index in [-0.39, 0.29) is 4.58 Å². The third-order valence-corrected chi connectivity index (χ3v) is 7.46. The van der Waals surface area contributed by atoms with E-state index in [9.17, 15) is 10.1 Å². The Morgan fingerprint density at radius 3 is 2.25 bits per heavy atom. The topological polar surface area (TPSA) is 50.1 Å². The number of methoxy groups -OCH3 is 1. The maximum Gasteiger partial charge on any atom is 0.336 e. The molecule has 2 aromatic rings. The van der Waals surface area contributed by atoms with E-state index < -0.39 is 16.5 Å². The van der Waals surface area contributed by atoms with Gasteiger partial charge in [-0.3, -0.25) is 0 Å². The van der Waals surface area contributed by atoms with E-state index in [0.29, 0.717) is 0 Å². The van der Waals surface area contributed by atoms with Crippen LogP contribution in [0.25, 0.3) is 9.81 Å². The Kier molecular flexibility index (Phi) is 5.19. The Morgan fingerprint density at radius 1 is 1.12 bits per heavy atom. The van der Waals surface area contributed by atoms with Crippen molar-refractivity contribution in [1.82, 2.24) is 0 Å². The zero-order valence-corrected chi connectivity index (χ0v) is 14.6. The monoisotopic (exact) mass is 353 g/mol. The Bertz CT molecular complexity index is 852. The van der Waals surface area contributed by atoms with Gasteiger partial charge >= 0.3 is 5.97 Å². The third-order valence-electron chi connectivity index (χ3n) is 3.50. The quantitative estimate of drug-likeness (QED) is 0.608. The molecule has 2 aromatic carbocycles. The van der Waals surface area contributed by atoms with Crippen molar-refractivity contribution in [3.8, 4) is 6.07 Å². The Hall–Kier alpha value is -2.29. The summed E-state index contributed by atoms with van der Waals surface area (Å²) >= 11 is 1.52. The van der Waals surface area contributed by atoms with E-state index in [4.69, 9.17) is 4.74 Å². The molecule has 24 heavy (non-hydrogen) atoms. The van der Waals surface area contributed by atoms with Crippen LogP contribution in [0, 0.1) is 11.3 Å². The zero-order valence-electron chi connectivity index (χ0n) is 13.0. The summed E-state index contributed by atoms with van der Waals surface area (Å²) in [6.07, 6.45) is 0. The largest absolute Gasteiger partial charge is 0.465 e. The van der Waals surface area contributed by atoms with Gasteiger partial charge in [-0.2, -0.15) is 5.26 Å². The summed E-state index contributed by atoms with van der Waals surface area (Å²) in [5.41, 5.74) is 2.10. The third kappa shape index (κ3) is 3.30. The number of hydrogen-bond acceptors (Lipinski definition) is 4. The molecule has 1 aliphatic heterocycles. The Labute approximate surface area is 147 Å². The van der Waals surface area contributed by atoms with Crippen LogP contribution in [0.4, 0.5) is 0 Å². The number of hydrogen-bond donors (Lipinski definition) is 0. The van der Waals surface area contributed by atoms with Gasteiger partial charge in [-0.1, -0.05) is 72.4 Å². The SMILES string of the molecule is COC(=O)C=S1C(c2ccccc2)=C(c2ccccc2)SC1C#N. The van der Waals surface area contributed by atoms with Crippen molar-refractivity contribution >= 4 is 43.4 Å². The van der Waals surface area contributed by atoms with Gasteiger partial charge in [0.15, 0.2) is 0 Å². The van der Waals surface area contributed by atoms with E-state index in [2.05, 4.69) is 6.07 Å². The first-order valence-electron chi connectivity index (χ1n) is 7.30. The van der Waals surface area contributed by atoms with Crippen molar-refractivity contribution in [1.29, 1.82) is 5.26 Å². The summed E-state index contributed by atoms with van der Waals surface area (Å²) in [4.78, 5) is 13.9. The lowest BCUT2D eigenvalue weighted by atomic mass is 10.1. The average Bonchev–Trinajstić information content (AvgIpc) is 3.01. The lowest BCUT2D eigenvalue weighted by Crippen LogP contribution is -2.04. The van der Waals surface area contributed by atoms with Gasteiger partial charge < -0.3 is 4.74 Å². The number of esters is 1. The standard InChI is InChI=1S/C19H15NO2S2/c1-22-16(21)13-24-17(12-20)23-18(14-8-4-2-5-9-14)19(24)15-10-6-3-7-11-15/h2-11,13,17H,1H3. The summed E-state index contributed by atoms with van der Waals surface area (Å²) in [5, 5.41) is 11.1. The minimum absolute atomic E-state index is 0.325. The number of carbonyl (C=O) groups is 1. The molecule has 0 bridgehead atoms. The van der Waals surface area contributed by atoms with Crippen LogP contribution in [-0.2, 0) is 9.53 Å². The van der Waals surface area contributed by atoms with E-state index in [1.807, 2.05) is 60.7 Å². The van der Waals surface area contributed by atoms with Crippen LogP contribution in [-0.4, -0.2) is 23.0 Å².